The molecule has 0 unspecified atom stereocenters. The average molecular weight is 292 g/mol. The van der Waals surface area contributed by atoms with Crippen molar-refractivity contribution in [3.63, 3.8) is 0 Å². The number of anilines is 1. The van der Waals surface area contributed by atoms with Gasteiger partial charge < -0.3 is 5.32 Å². The maximum absolute atomic E-state index is 13.2. The molecule has 7 heteroatoms. The van der Waals surface area contributed by atoms with Crippen molar-refractivity contribution in [1.29, 1.82) is 0 Å². The van der Waals surface area contributed by atoms with Gasteiger partial charge in [0.1, 0.15) is 11.5 Å². The first kappa shape index (κ1) is 15.0. The summed E-state index contributed by atoms with van der Waals surface area (Å²) in [5.41, 5.74) is 3.16. The highest BCUT2D eigenvalue weighted by Crippen LogP contribution is 2.25. The number of benzene rings is 1. The van der Waals surface area contributed by atoms with Crippen molar-refractivity contribution < 1.29 is 9.31 Å². The van der Waals surface area contributed by atoms with E-state index in [0.717, 1.165) is 35.2 Å². The van der Waals surface area contributed by atoms with Gasteiger partial charge in [-0.2, -0.15) is 5.10 Å². The molecule has 0 spiro atoms. The molecule has 0 aliphatic rings. The third kappa shape index (κ3) is 3.18. The highest BCUT2D eigenvalue weighted by Gasteiger charge is 2.15. The molecule has 1 aromatic carbocycles. The van der Waals surface area contributed by atoms with E-state index in [1.54, 1.807) is 4.68 Å². The minimum absolute atomic E-state index is 0.129. The molecule has 0 saturated heterocycles. The molecule has 112 valence electrons. The van der Waals surface area contributed by atoms with Gasteiger partial charge in [-0.25, -0.2) is 4.39 Å². The number of nitro benzene ring substituents is 1. The number of hydrogen-bond donors (Lipinski definition) is 1. The molecule has 1 N–H and O–H groups in total. The van der Waals surface area contributed by atoms with Gasteiger partial charge in [0, 0.05) is 31.4 Å². The van der Waals surface area contributed by atoms with E-state index >= 15 is 0 Å². The first-order valence-corrected chi connectivity index (χ1v) is 6.57. The Morgan fingerprint density at radius 1 is 1.43 bits per heavy atom. The van der Waals surface area contributed by atoms with Crippen molar-refractivity contribution in [2.45, 2.75) is 20.3 Å². The van der Waals surface area contributed by atoms with Crippen LogP contribution in [0.15, 0.2) is 18.2 Å². The second-order valence-corrected chi connectivity index (χ2v) is 4.87. The standard InChI is InChI=1S/C14H17FN4O2/c1-9-12(10(2)18(3)17-9)6-7-16-13-8-11(15)4-5-14(13)19(20)21/h4-5,8,16H,6-7H2,1-3H3. The Labute approximate surface area is 121 Å². The van der Waals surface area contributed by atoms with Crippen LogP contribution in [-0.2, 0) is 13.5 Å². The highest BCUT2D eigenvalue weighted by atomic mass is 19.1. The molecule has 21 heavy (non-hydrogen) atoms. The van der Waals surface area contributed by atoms with Crippen LogP contribution in [0.5, 0.6) is 0 Å². The number of nitro groups is 1. The predicted molar refractivity (Wildman–Crippen MR) is 77.9 cm³/mol. The molecule has 6 nitrogen and oxygen atoms in total. The molecule has 0 aliphatic carbocycles. The van der Waals surface area contributed by atoms with Crippen LogP contribution in [-0.4, -0.2) is 21.2 Å². The molecule has 2 rings (SSSR count). The predicted octanol–water partition coefficient (Wildman–Crippen LogP) is 2.74. The fourth-order valence-corrected chi connectivity index (χ4v) is 2.31. The zero-order chi connectivity index (χ0) is 15.6. The third-order valence-corrected chi connectivity index (χ3v) is 3.50. The van der Waals surface area contributed by atoms with Gasteiger partial charge in [0.2, 0.25) is 0 Å². The zero-order valence-electron chi connectivity index (χ0n) is 12.2. The molecule has 1 aromatic heterocycles. The Hall–Kier alpha value is -2.44. The minimum atomic E-state index is -0.525. The first-order chi connectivity index (χ1) is 9.90. The van der Waals surface area contributed by atoms with Gasteiger partial charge in [-0.15, -0.1) is 0 Å². The van der Waals surface area contributed by atoms with Crippen LogP contribution < -0.4 is 5.32 Å². The molecule has 0 radical (unpaired) electrons. The van der Waals surface area contributed by atoms with Crippen LogP contribution in [0.2, 0.25) is 0 Å². The minimum Gasteiger partial charge on any atom is -0.379 e. The van der Waals surface area contributed by atoms with Gasteiger partial charge in [0.25, 0.3) is 5.69 Å². The topological polar surface area (TPSA) is 73.0 Å². The molecular weight excluding hydrogens is 275 g/mol. The van der Waals surface area contributed by atoms with E-state index in [4.69, 9.17) is 0 Å². The molecule has 0 saturated carbocycles. The monoisotopic (exact) mass is 292 g/mol. The van der Waals surface area contributed by atoms with Crippen molar-refractivity contribution in [2.75, 3.05) is 11.9 Å². The number of aryl methyl sites for hydroxylation is 2. The van der Waals surface area contributed by atoms with Crippen molar-refractivity contribution in [3.8, 4) is 0 Å². The van der Waals surface area contributed by atoms with E-state index in [9.17, 15) is 14.5 Å². The van der Waals surface area contributed by atoms with Crippen molar-refractivity contribution in [2.24, 2.45) is 7.05 Å². The van der Waals surface area contributed by atoms with E-state index in [2.05, 4.69) is 10.4 Å². The summed E-state index contributed by atoms with van der Waals surface area (Å²) < 4.78 is 15.0. The summed E-state index contributed by atoms with van der Waals surface area (Å²) in [6, 6.07) is 3.39. The maximum Gasteiger partial charge on any atom is 0.292 e. The number of nitrogens with zero attached hydrogens (tertiary/aromatic N) is 3. The fraction of sp³-hybridized carbons (Fsp3) is 0.357. The summed E-state index contributed by atoms with van der Waals surface area (Å²) >= 11 is 0. The second kappa shape index (κ2) is 5.90. The molecule has 0 aliphatic heterocycles. The number of aromatic nitrogens is 2. The number of hydrogen-bond acceptors (Lipinski definition) is 4. The Balaban J connectivity index is 2.10. The summed E-state index contributed by atoms with van der Waals surface area (Å²) in [7, 11) is 1.87. The summed E-state index contributed by atoms with van der Waals surface area (Å²) in [5.74, 6) is -0.503. The molecule has 1 heterocycles. The Bertz CT molecular complexity index is 682. The molecule has 0 bridgehead atoms. The molecule has 2 aromatic rings. The average Bonchev–Trinajstić information content (AvgIpc) is 2.65. The van der Waals surface area contributed by atoms with Crippen LogP contribution in [0.3, 0.4) is 0 Å². The summed E-state index contributed by atoms with van der Waals surface area (Å²) in [5, 5.41) is 18.2. The van der Waals surface area contributed by atoms with E-state index in [0.29, 0.717) is 13.0 Å². The summed E-state index contributed by atoms with van der Waals surface area (Å²) in [6.45, 7) is 4.37. The third-order valence-electron chi connectivity index (χ3n) is 3.50. The molecular formula is C14H17FN4O2. The zero-order valence-corrected chi connectivity index (χ0v) is 12.2. The summed E-state index contributed by atoms with van der Waals surface area (Å²) in [4.78, 5) is 10.4. The van der Waals surface area contributed by atoms with Gasteiger partial charge in [-0.3, -0.25) is 14.8 Å². The van der Waals surface area contributed by atoms with E-state index in [-0.39, 0.29) is 11.4 Å². The Morgan fingerprint density at radius 2 is 2.14 bits per heavy atom. The Morgan fingerprint density at radius 3 is 2.71 bits per heavy atom. The summed E-state index contributed by atoms with van der Waals surface area (Å²) in [6.07, 6.45) is 0.666. The van der Waals surface area contributed by atoms with Gasteiger partial charge in [-0.05, 0) is 31.9 Å². The maximum atomic E-state index is 13.2. The van der Waals surface area contributed by atoms with Crippen LogP contribution in [0.1, 0.15) is 17.0 Å². The lowest BCUT2D eigenvalue weighted by atomic mass is 10.1. The molecule has 0 atom stereocenters. The van der Waals surface area contributed by atoms with Crippen LogP contribution in [0.4, 0.5) is 15.8 Å². The first-order valence-electron chi connectivity index (χ1n) is 6.57. The van der Waals surface area contributed by atoms with E-state index in [1.807, 2.05) is 20.9 Å². The number of rotatable bonds is 5. The van der Waals surface area contributed by atoms with Crippen molar-refractivity contribution >= 4 is 11.4 Å². The van der Waals surface area contributed by atoms with Crippen LogP contribution in [0.25, 0.3) is 0 Å². The Kier molecular flexibility index (Phi) is 4.21. The smallest absolute Gasteiger partial charge is 0.292 e. The second-order valence-electron chi connectivity index (χ2n) is 4.87. The van der Waals surface area contributed by atoms with E-state index < -0.39 is 10.7 Å². The lowest BCUT2D eigenvalue weighted by Gasteiger charge is -2.07. The van der Waals surface area contributed by atoms with Gasteiger partial charge in [-0.1, -0.05) is 0 Å². The van der Waals surface area contributed by atoms with Crippen molar-refractivity contribution in [3.05, 3.63) is 51.1 Å². The molecule has 0 fully saturated rings. The molecule has 0 amide bonds. The van der Waals surface area contributed by atoms with Crippen molar-refractivity contribution in [1.82, 2.24) is 9.78 Å². The van der Waals surface area contributed by atoms with E-state index in [1.165, 1.54) is 0 Å². The lowest BCUT2D eigenvalue weighted by molar-refractivity contribution is -0.384. The SMILES string of the molecule is Cc1nn(C)c(C)c1CCNc1cc(F)ccc1[N+](=O)[O-]. The fourth-order valence-electron chi connectivity index (χ4n) is 2.31. The highest BCUT2D eigenvalue weighted by molar-refractivity contribution is 5.61. The number of halogens is 1. The van der Waals surface area contributed by atoms with Gasteiger partial charge >= 0.3 is 0 Å². The number of nitrogens with one attached hydrogen (secondary N) is 1. The quantitative estimate of drug-likeness (QED) is 0.679. The normalized spacial score (nSPS) is 10.7. The van der Waals surface area contributed by atoms with Crippen LogP contribution >= 0.6 is 0 Å². The van der Waals surface area contributed by atoms with Gasteiger partial charge in [0.05, 0.1) is 10.6 Å². The largest absolute Gasteiger partial charge is 0.379 e. The van der Waals surface area contributed by atoms with Crippen LogP contribution in [0, 0.1) is 29.8 Å². The lowest BCUT2D eigenvalue weighted by Crippen LogP contribution is -2.08. The van der Waals surface area contributed by atoms with Gasteiger partial charge in [0.15, 0.2) is 0 Å².